The van der Waals surface area contributed by atoms with Gasteiger partial charge in [0, 0.05) is 10.4 Å². The third-order valence-electron chi connectivity index (χ3n) is 5.07. The van der Waals surface area contributed by atoms with Crippen molar-refractivity contribution in [1.82, 2.24) is 4.57 Å². The van der Waals surface area contributed by atoms with Gasteiger partial charge in [-0.25, -0.2) is 9.79 Å². The van der Waals surface area contributed by atoms with Gasteiger partial charge in [-0.05, 0) is 49.6 Å². The van der Waals surface area contributed by atoms with Gasteiger partial charge in [-0.1, -0.05) is 17.4 Å². The van der Waals surface area contributed by atoms with Gasteiger partial charge in [0.05, 0.1) is 36.6 Å². The van der Waals surface area contributed by atoms with E-state index in [4.69, 9.17) is 14.2 Å². The van der Waals surface area contributed by atoms with Gasteiger partial charge >= 0.3 is 5.97 Å². The third kappa shape index (κ3) is 3.89. The smallest absolute Gasteiger partial charge is 0.338 e. The lowest BCUT2D eigenvalue weighted by atomic mass is 9.95. The fraction of sp³-hybridized carbons (Fsp3) is 0.261. The minimum atomic E-state index is -0.763. The summed E-state index contributed by atoms with van der Waals surface area (Å²) in [5.74, 6) is 0.593. The summed E-state index contributed by atoms with van der Waals surface area (Å²) in [6.45, 7) is 3.70. The number of rotatable bonds is 6. The Hall–Kier alpha value is -3.17. The quantitative estimate of drug-likeness (QED) is 0.518. The molecule has 7 nitrogen and oxygen atoms in total. The maximum absolute atomic E-state index is 13.6. The molecule has 0 N–H and O–H groups in total. The zero-order valence-corrected chi connectivity index (χ0v) is 19.7. The van der Waals surface area contributed by atoms with Crippen molar-refractivity contribution in [3.8, 4) is 11.5 Å². The van der Waals surface area contributed by atoms with Crippen LogP contribution in [-0.4, -0.2) is 31.4 Å². The molecule has 0 saturated carbocycles. The van der Waals surface area contributed by atoms with Crippen molar-refractivity contribution in [2.24, 2.45) is 4.99 Å². The molecule has 1 atom stereocenters. The third-order valence-corrected chi connectivity index (χ3v) is 6.87. The van der Waals surface area contributed by atoms with E-state index >= 15 is 0 Å². The first-order chi connectivity index (χ1) is 15.5. The number of thiophene rings is 1. The van der Waals surface area contributed by atoms with Crippen LogP contribution in [0, 0.1) is 0 Å². The molecular formula is C23H22N2O5S2. The second-order valence-electron chi connectivity index (χ2n) is 6.93. The summed E-state index contributed by atoms with van der Waals surface area (Å²) in [6, 6.07) is 8.41. The number of fused-ring (bicyclic) bond motifs is 1. The van der Waals surface area contributed by atoms with Crippen molar-refractivity contribution in [2.45, 2.75) is 19.9 Å². The van der Waals surface area contributed by atoms with Crippen LogP contribution in [0.3, 0.4) is 0 Å². The van der Waals surface area contributed by atoms with Crippen molar-refractivity contribution in [3.05, 3.63) is 77.1 Å². The summed E-state index contributed by atoms with van der Waals surface area (Å²) in [5, 5.41) is 1.95. The number of hydrogen-bond acceptors (Lipinski definition) is 8. The van der Waals surface area contributed by atoms with Crippen LogP contribution in [0.25, 0.3) is 6.08 Å². The zero-order valence-electron chi connectivity index (χ0n) is 18.1. The minimum Gasteiger partial charge on any atom is -0.497 e. The molecule has 3 aromatic rings. The Labute approximate surface area is 192 Å². The van der Waals surface area contributed by atoms with Crippen molar-refractivity contribution < 1.29 is 19.0 Å². The van der Waals surface area contributed by atoms with E-state index < -0.39 is 12.0 Å². The average Bonchev–Trinajstić information content (AvgIpc) is 3.40. The summed E-state index contributed by atoms with van der Waals surface area (Å²) < 4.78 is 18.4. The van der Waals surface area contributed by atoms with Crippen LogP contribution >= 0.6 is 22.7 Å². The van der Waals surface area contributed by atoms with E-state index in [9.17, 15) is 9.59 Å². The molecule has 0 amide bonds. The first-order valence-corrected chi connectivity index (χ1v) is 11.6. The highest BCUT2D eigenvalue weighted by Crippen LogP contribution is 2.37. The van der Waals surface area contributed by atoms with Crippen LogP contribution in [-0.2, 0) is 9.53 Å². The standard InChI is InChI=1S/C23H22N2O5S2/c1-5-30-22(27)19-13(2)24-23-25(21(26)18(32-23)12-15-7-6-10-31-15)20(19)16-11-14(28-3)8-9-17(16)29-4/h6-12,20H,5H2,1-4H3/b18-12+/t20-/m0/s1. The van der Waals surface area contributed by atoms with Gasteiger partial charge in [-0.3, -0.25) is 9.36 Å². The first-order valence-electron chi connectivity index (χ1n) is 9.93. The number of ether oxygens (including phenoxy) is 3. The molecule has 0 saturated heterocycles. The van der Waals surface area contributed by atoms with E-state index in [1.807, 2.05) is 23.6 Å². The second-order valence-corrected chi connectivity index (χ2v) is 8.91. The second kappa shape index (κ2) is 9.13. The van der Waals surface area contributed by atoms with Gasteiger partial charge in [-0.2, -0.15) is 0 Å². The van der Waals surface area contributed by atoms with Crippen molar-refractivity contribution in [2.75, 3.05) is 20.8 Å². The molecule has 166 valence electrons. The van der Waals surface area contributed by atoms with E-state index in [0.717, 1.165) is 4.88 Å². The predicted molar refractivity (Wildman–Crippen MR) is 124 cm³/mol. The van der Waals surface area contributed by atoms with Crippen molar-refractivity contribution in [3.63, 3.8) is 0 Å². The lowest BCUT2D eigenvalue weighted by Gasteiger charge is -2.26. The normalized spacial score (nSPS) is 15.9. The van der Waals surface area contributed by atoms with E-state index in [1.165, 1.54) is 11.3 Å². The summed E-state index contributed by atoms with van der Waals surface area (Å²) in [4.78, 5) is 32.6. The highest BCUT2D eigenvalue weighted by Gasteiger charge is 2.35. The van der Waals surface area contributed by atoms with Crippen LogP contribution in [0.15, 0.2) is 56.8 Å². The zero-order chi connectivity index (χ0) is 22.8. The van der Waals surface area contributed by atoms with Gasteiger partial charge in [-0.15, -0.1) is 11.3 Å². The van der Waals surface area contributed by atoms with Gasteiger partial charge in [0.15, 0.2) is 4.80 Å². The number of carbonyl (C=O) groups excluding carboxylic acids is 1. The molecule has 0 bridgehead atoms. The lowest BCUT2D eigenvalue weighted by Crippen LogP contribution is -2.40. The van der Waals surface area contributed by atoms with Crippen molar-refractivity contribution >= 4 is 34.7 Å². The molecule has 0 aliphatic carbocycles. The number of aromatic nitrogens is 1. The molecule has 2 aromatic heterocycles. The minimum absolute atomic E-state index is 0.209. The number of benzene rings is 1. The molecular weight excluding hydrogens is 448 g/mol. The largest absolute Gasteiger partial charge is 0.497 e. The number of thiazole rings is 1. The molecule has 0 spiro atoms. The SMILES string of the molecule is CCOC(=O)C1=C(C)N=c2s/c(=C/c3cccs3)c(=O)n2[C@H]1c1cc(OC)ccc1OC. The number of allylic oxidation sites excluding steroid dienone is 1. The highest BCUT2D eigenvalue weighted by molar-refractivity contribution is 7.11. The van der Waals surface area contributed by atoms with Gasteiger partial charge in [0.1, 0.15) is 17.5 Å². The molecule has 0 fully saturated rings. The Morgan fingerprint density at radius 2 is 2.06 bits per heavy atom. The maximum atomic E-state index is 13.6. The molecule has 1 aromatic carbocycles. The Morgan fingerprint density at radius 1 is 1.25 bits per heavy atom. The molecule has 4 rings (SSSR count). The Bertz CT molecular complexity index is 1370. The summed E-state index contributed by atoms with van der Waals surface area (Å²) in [6.07, 6.45) is 1.84. The van der Waals surface area contributed by atoms with Crippen molar-refractivity contribution in [1.29, 1.82) is 0 Å². The number of hydrogen-bond donors (Lipinski definition) is 0. The molecule has 0 radical (unpaired) electrons. The fourth-order valence-corrected chi connectivity index (χ4v) is 5.41. The number of carbonyl (C=O) groups is 1. The number of esters is 1. The Kier molecular flexibility index (Phi) is 6.29. The summed E-state index contributed by atoms with van der Waals surface area (Å²) in [7, 11) is 3.11. The topological polar surface area (TPSA) is 79.1 Å². The average molecular weight is 471 g/mol. The molecule has 9 heteroatoms. The summed E-state index contributed by atoms with van der Waals surface area (Å²) >= 11 is 2.83. The van der Waals surface area contributed by atoms with E-state index in [-0.39, 0.29) is 12.2 Å². The monoisotopic (exact) mass is 470 g/mol. The van der Waals surface area contributed by atoms with Crippen LogP contribution in [0.2, 0.25) is 0 Å². The van der Waals surface area contributed by atoms with Crippen LogP contribution in [0.4, 0.5) is 0 Å². The Morgan fingerprint density at radius 3 is 2.72 bits per heavy atom. The van der Waals surface area contributed by atoms with Crippen LogP contribution in [0.5, 0.6) is 11.5 Å². The summed E-state index contributed by atoms with van der Waals surface area (Å²) in [5.41, 5.74) is 1.19. The van der Waals surface area contributed by atoms with E-state index in [1.54, 1.807) is 62.2 Å². The molecule has 32 heavy (non-hydrogen) atoms. The molecule has 1 aliphatic rings. The predicted octanol–water partition coefficient (Wildman–Crippen LogP) is 2.88. The van der Waals surface area contributed by atoms with Gasteiger partial charge in [0.25, 0.3) is 5.56 Å². The molecule has 3 heterocycles. The molecule has 1 aliphatic heterocycles. The molecule has 0 unspecified atom stereocenters. The van der Waals surface area contributed by atoms with Gasteiger partial charge < -0.3 is 14.2 Å². The maximum Gasteiger partial charge on any atom is 0.338 e. The first kappa shape index (κ1) is 22.0. The van der Waals surface area contributed by atoms with Gasteiger partial charge in [0.2, 0.25) is 0 Å². The highest BCUT2D eigenvalue weighted by atomic mass is 32.1. The Balaban J connectivity index is 2.03. The fourth-order valence-electron chi connectivity index (χ4n) is 3.64. The number of methoxy groups -OCH3 is 2. The number of nitrogens with zero attached hydrogens (tertiary/aromatic N) is 2. The van der Waals surface area contributed by atoms with E-state index in [0.29, 0.717) is 37.7 Å². The van der Waals surface area contributed by atoms with Crippen LogP contribution < -0.4 is 24.4 Å². The van der Waals surface area contributed by atoms with Crippen LogP contribution in [0.1, 0.15) is 30.3 Å². The lowest BCUT2D eigenvalue weighted by molar-refractivity contribution is -0.139. The van der Waals surface area contributed by atoms with E-state index in [2.05, 4.69) is 4.99 Å².